The molecule has 0 aliphatic carbocycles. The van der Waals surface area contributed by atoms with Crippen LogP contribution in [-0.2, 0) is 10.1 Å². The predicted molar refractivity (Wildman–Crippen MR) is 99.0 cm³/mol. The first-order chi connectivity index (χ1) is 12.3. The van der Waals surface area contributed by atoms with E-state index < -0.39 is 20.8 Å². The summed E-state index contributed by atoms with van der Waals surface area (Å²) in [5.74, 6) is -0.457. The van der Waals surface area contributed by atoms with Crippen LogP contribution in [0.1, 0.15) is 24.0 Å². The minimum absolute atomic E-state index is 0.0747. The van der Waals surface area contributed by atoms with Crippen LogP contribution in [0.3, 0.4) is 0 Å². The molecule has 5 nitrogen and oxygen atoms in total. The molecule has 0 saturated heterocycles. The highest BCUT2D eigenvalue weighted by Crippen LogP contribution is 2.36. The van der Waals surface area contributed by atoms with Crippen molar-refractivity contribution < 1.29 is 23.2 Å². The van der Waals surface area contributed by atoms with Crippen LogP contribution in [0.2, 0.25) is 0 Å². The maximum Gasteiger partial charge on any atom is 0.298 e. The van der Waals surface area contributed by atoms with Crippen molar-refractivity contribution in [2.24, 2.45) is 0 Å². The first-order valence-electron chi connectivity index (χ1n) is 7.96. The van der Waals surface area contributed by atoms with Crippen LogP contribution in [0.25, 0.3) is 11.1 Å². The Kier molecular flexibility index (Phi) is 4.71. The standard InChI is InChI=1S/C20H18O5S/c1-13(14-5-3-2-4-6-14)17-11-15(7-9-18(17)21)16-8-10-19(22)20(12-16)26(23,24)25/h2-13,21-22H,1H3,(H,23,24,25). The molecule has 134 valence electrons. The van der Waals surface area contributed by atoms with Crippen molar-refractivity contribution in [3.63, 3.8) is 0 Å². The molecule has 3 aromatic carbocycles. The number of rotatable bonds is 4. The zero-order valence-corrected chi connectivity index (χ0v) is 14.8. The number of hydrogen-bond acceptors (Lipinski definition) is 4. The molecule has 0 spiro atoms. The Bertz CT molecular complexity index is 1040. The van der Waals surface area contributed by atoms with Crippen LogP contribution in [0.4, 0.5) is 0 Å². The molecule has 0 aliphatic rings. The van der Waals surface area contributed by atoms with E-state index in [-0.39, 0.29) is 11.7 Å². The fraction of sp³-hybridized carbons (Fsp3) is 0.100. The molecule has 0 fully saturated rings. The van der Waals surface area contributed by atoms with Crippen molar-refractivity contribution in [2.45, 2.75) is 17.7 Å². The Morgan fingerprint density at radius 1 is 0.808 bits per heavy atom. The summed E-state index contributed by atoms with van der Waals surface area (Å²) in [5.41, 5.74) is 2.88. The van der Waals surface area contributed by atoms with E-state index in [1.54, 1.807) is 24.3 Å². The fourth-order valence-corrected chi connectivity index (χ4v) is 3.51. The Labute approximate surface area is 151 Å². The first kappa shape index (κ1) is 18.0. The molecule has 0 heterocycles. The molecule has 0 saturated carbocycles. The second-order valence-electron chi connectivity index (χ2n) is 6.06. The van der Waals surface area contributed by atoms with Crippen LogP contribution in [-0.4, -0.2) is 23.2 Å². The molecule has 1 atom stereocenters. The van der Waals surface area contributed by atoms with Gasteiger partial charge in [-0.2, -0.15) is 8.42 Å². The summed E-state index contributed by atoms with van der Waals surface area (Å²) in [6.45, 7) is 1.97. The van der Waals surface area contributed by atoms with Gasteiger partial charge in [0.25, 0.3) is 10.1 Å². The van der Waals surface area contributed by atoms with E-state index in [2.05, 4.69) is 0 Å². The third-order valence-corrected chi connectivity index (χ3v) is 5.25. The molecular formula is C20H18O5S. The topological polar surface area (TPSA) is 94.8 Å². The lowest BCUT2D eigenvalue weighted by atomic mass is 9.90. The van der Waals surface area contributed by atoms with Crippen molar-refractivity contribution in [2.75, 3.05) is 0 Å². The quantitative estimate of drug-likeness (QED) is 0.599. The monoisotopic (exact) mass is 370 g/mol. The van der Waals surface area contributed by atoms with Crippen LogP contribution in [0.5, 0.6) is 11.5 Å². The fourth-order valence-electron chi connectivity index (χ4n) is 2.90. The van der Waals surface area contributed by atoms with E-state index in [0.717, 1.165) is 5.56 Å². The predicted octanol–water partition coefficient (Wildman–Crippen LogP) is 4.16. The number of benzene rings is 3. The van der Waals surface area contributed by atoms with Gasteiger partial charge in [0.2, 0.25) is 0 Å². The number of phenolic OH excluding ortho intramolecular Hbond substituents is 2. The van der Waals surface area contributed by atoms with Gasteiger partial charge in [-0.15, -0.1) is 0 Å². The van der Waals surface area contributed by atoms with Crippen LogP contribution >= 0.6 is 0 Å². The summed E-state index contributed by atoms with van der Waals surface area (Å²) in [6, 6.07) is 18.6. The highest BCUT2D eigenvalue weighted by Gasteiger charge is 2.18. The lowest BCUT2D eigenvalue weighted by Gasteiger charge is -2.16. The smallest absolute Gasteiger partial charge is 0.298 e. The molecular weight excluding hydrogens is 352 g/mol. The number of aromatic hydroxyl groups is 2. The van der Waals surface area contributed by atoms with Crippen molar-refractivity contribution in [1.82, 2.24) is 0 Å². The third-order valence-electron chi connectivity index (χ3n) is 4.36. The van der Waals surface area contributed by atoms with Gasteiger partial charge in [0, 0.05) is 11.5 Å². The average Bonchev–Trinajstić information content (AvgIpc) is 2.62. The normalized spacial score (nSPS) is 12.7. The van der Waals surface area contributed by atoms with E-state index in [9.17, 15) is 23.2 Å². The molecule has 0 amide bonds. The van der Waals surface area contributed by atoms with Gasteiger partial charge in [-0.05, 0) is 41.0 Å². The second-order valence-corrected chi connectivity index (χ2v) is 7.45. The summed E-state index contributed by atoms with van der Waals surface area (Å²) in [4.78, 5) is -0.555. The van der Waals surface area contributed by atoms with E-state index >= 15 is 0 Å². The van der Waals surface area contributed by atoms with Crippen LogP contribution in [0, 0.1) is 0 Å². The molecule has 0 aromatic heterocycles. The Morgan fingerprint density at radius 3 is 2.00 bits per heavy atom. The molecule has 3 rings (SSSR count). The largest absolute Gasteiger partial charge is 0.508 e. The Morgan fingerprint density at radius 2 is 1.38 bits per heavy atom. The SMILES string of the molecule is CC(c1ccccc1)c1cc(-c2ccc(O)c(S(=O)(=O)O)c2)ccc1O. The summed E-state index contributed by atoms with van der Waals surface area (Å²) < 4.78 is 32.1. The molecule has 1 unspecified atom stereocenters. The van der Waals surface area contributed by atoms with Gasteiger partial charge in [-0.25, -0.2) is 0 Å². The van der Waals surface area contributed by atoms with Crippen LogP contribution in [0.15, 0.2) is 71.6 Å². The van der Waals surface area contributed by atoms with Gasteiger partial charge in [0.1, 0.15) is 16.4 Å². The maximum atomic E-state index is 11.4. The lowest BCUT2D eigenvalue weighted by Crippen LogP contribution is -1.99. The minimum atomic E-state index is -4.54. The minimum Gasteiger partial charge on any atom is -0.508 e. The van der Waals surface area contributed by atoms with Crippen molar-refractivity contribution in [1.29, 1.82) is 0 Å². The van der Waals surface area contributed by atoms with E-state index in [4.69, 9.17) is 0 Å². The van der Waals surface area contributed by atoms with E-state index in [0.29, 0.717) is 16.7 Å². The summed E-state index contributed by atoms with van der Waals surface area (Å²) in [5, 5.41) is 19.9. The highest BCUT2D eigenvalue weighted by atomic mass is 32.2. The zero-order chi connectivity index (χ0) is 18.9. The second kappa shape index (κ2) is 6.82. The number of hydrogen-bond donors (Lipinski definition) is 3. The third kappa shape index (κ3) is 3.56. The Balaban J connectivity index is 2.09. The molecule has 3 aromatic rings. The molecule has 6 heteroatoms. The van der Waals surface area contributed by atoms with E-state index in [1.165, 1.54) is 12.1 Å². The molecule has 0 radical (unpaired) electrons. The molecule has 0 bridgehead atoms. The molecule has 0 aliphatic heterocycles. The van der Waals surface area contributed by atoms with E-state index in [1.807, 2.05) is 37.3 Å². The summed E-state index contributed by atoms with van der Waals surface area (Å²) in [6.07, 6.45) is 0. The van der Waals surface area contributed by atoms with Gasteiger partial charge >= 0.3 is 0 Å². The molecule has 3 N–H and O–H groups in total. The van der Waals surface area contributed by atoms with Gasteiger partial charge < -0.3 is 10.2 Å². The Hall–Kier alpha value is -2.83. The van der Waals surface area contributed by atoms with Crippen molar-refractivity contribution in [3.05, 3.63) is 77.9 Å². The van der Waals surface area contributed by atoms with Gasteiger partial charge in [-0.1, -0.05) is 49.4 Å². The number of phenols is 2. The lowest BCUT2D eigenvalue weighted by molar-refractivity contribution is 0.443. The van der Waals surface area contributed by atoms with Gasteiger partial charge in [0.05, 0.1) is 0 Å². The van der Waals surface area contributed by atoms with Crippen LogP contribution < -0.4 is 0 Å². The van der Waals surface area contributed by atoms with Crippen molar-refractivity contribution in [3.8, 4) is 22.6 Å². The van der Waals surface area contributed by atoms with Gasteiger partial charge in [-0.3, -0.25) is 4.55 Å². The first-order valence-corrected chi connectivity index (χ1v) is 9.40. The average molecular weight is 370 g/mol. The van der Waals surface area contributed by atoms with Gasteiger partial charge in [0.15, 0.2) is 0 Å². The zero-order valence-electron chi connectivity index (χ0n) is 14.0. The maximum absolute atomic E-state index is 11.4. The molecule has 26 heavy (non-hydrogen) atoms. The summed E-state index contributed by atoms with van der Waals surface area (Å²) >= 11 is 0. The summed E-state index contributed by atoms with van der Waals surface area (Å²) in [7, 11) is -4.54. The van der Waals surface area contributed by atoms with Crippen molar-refractivity contribution >= 4 is 10.1 Å². The highest BCUT2D eigenvalue weighted by molar-refractivity contribution is 7.86.